The van der Waals surface area contributed by atoms with E-state index in [0.29, 0.717) is 0 Å². The number of carbonyl (C=O) groups is 1. The maximum Gasteiger partial charge on any atom is 0.248 e. The summed E-state index contributed by atoms with van der Waals surface area (Å²) in [5.41, 5.74) is 4.10. The summed E-state index contributed by atoms with van der Waals surface area (Å²) in [5, 5.41) is 7.02. The molecule has 0 fully saturated rings. The van der Waals surface area contributed by atoms with Gasteiger partial charge < -0.3 is 5.32 Å². The highest BCUT2D eigenvalue weighted by atomic mass is 16.1. The van der Waals surface area contributed by atoms with Crippen LogP contribution in [0, 0.1) is 0 Å². The molecule has 1 amide bonds. The number of hydrogen-bond donors (Lipinski definition) is 1. The van der Waals surface area contributed by atoms with E-state index < -0.39 is 0 Å². The van der Waals surface area contributed by atoms with E-state index in [1.165, 1.54) is 18.1 Å². The maximum absolute atomic E-state index is 12.0. The summed E-state index contributed by atoms with van der Waals surface area (Å²) in [4.78, 5) is 16.4. The van der Waals surface area contributed by atoms with Crippen molar-refractivity contribution in [2.45, 2.75) is 25.7 Å². The Kier molecular flexibility index (Phi) is 3.81. The van der Waals surface area contributed by atoms with Crippen molar-refractivity contribution in [1.29, 1.82) is 0 Å². The third-order valence-electron chi connectivity index (χ3n) is 3.65. The highest BCUT2D eigenvalue weighted by Gasteiger charge is 2.14. The number of rotatable bonds is 3. The van der Waals surface area contributed by atoms with Crippen molar-refractivity contribution in [3.63, 3.8) is 0 Å². The van der Waals surface area contributed by atoms with Crippen molar-refractivity contribution in [1.82, 2.24) is 14.8 Å². The van der Waals surface area contributed by atoms with E-state index in [2.05, 4.69) is 15.4 Å². The highest BCUT2D eigenvalue weighted by molar-refractivity contribution is 6.02. The van der Waals surface area contributed by atoms with Gasteiger partial charge in [0.25, 0.3) is 0 Å². The summed E-state index contributed by atoms with van der Waals surface area (Å²) in [6.45, 7) is 0. The van der Waals surface area contributed by atoms with Crippen LogP contribution in [0.2, 0.25) is 0 Å². The van der Waals surface area contributed by atoms with Gasteiger partial charge in [-0.15, -0.1) is 0 Å². The average Bonchev–Trinajstić information content (AvgIpc) is 2.91. The second-order valence-electron chi connectivity index (χ2n) is 5.26. The molecule has 1 N–H and O–H groups in total. The minimum absolute atomic E-state index is 0.127. The fourth-order valence-corrected chi connectivity index (χ4v) is 2.61. The van der Waals surface area contributed by atoms with Crippen LogP contribution in [-0.2, 0) is 24.7 Å². The first kappa shape index (κ1) is 13.5. The van der Waals surface area contributed by atoms with Gasteiger partial charge in [-0.25, -0.2) is 0 Å². The Hall–Kier alpha value is -2.43. The topological polar surface area (TPSA) is 59.8 Å². The van der Waals surface area contributed by atoms with E-state index in [1.807, 2.05) is 19.3 Å². The minimum Gasteiger partial charge on any atom is -0.322 e. The van der Waals surface area contributed by atoms with Gasteiger partial charge in [0.15, 0.2) is 0 Å². The summed E-state index contributed by atoms with van der Waals surface area (Å²) < 4.78 is 1.71. The Morgan fingerprint density at radius 2 is 2.24 bits per heavy atom. The molecule has 0 radical (unpaired) electrons. The van der Waals surface area contributed by atoms with E-state index in [9.17, 15) is 4.79 Å². The van der Waals surface area contributed by atoms with E-state index in [0.717, 1.165) is 36.2 Å². The van der Waals surface area contributed by atoms with Crippen molar-refractivity contribution in [3.05, 3.63) is 47.6 Å². The van der Waals surface area contributed by atoms with Crippen LogP contribution in [0.4, 0.5) is 5.69 Å². The fraction of sp³-hybridized carbons (Fsp3) is 0.312. The maximum atomic E-state index is 12.0. The number of pyridine rings is 1. The molecule has 0 atom stereocenters. The Morgan fingerprint density at radius 3 is 3.05 bits per heavy atom. The molecular formula is C16H18N4O. The van der Waals surface area contributed by atoms with E-state index >= 15 is 0 Å². The van der Waals surface area contributed by atoms with E-state index in [-0.39, 0.29) is 5.91 Å². The van der Waals surface area contributed by atoms with Gasteiger partial charge in [0.05, 0.1) is 6.20 Å². The lowest BCUT2D eigenvalue weighted by molar-refractivity contribution is -0.111. The molecule has 0 aliphatic heterocycles. The molecular weight excluding hydrogens is 264 g/mol. The molecule has 0 unspecified atom stereocenters. The van der Waals surface area contributed by atoms with Gasteiger partial charge in [-0.2, -0.15) is 5.10 Å². The molecule has 0 aromatic carbocycles. The Labute approximate surface area is 123 Å². The standard InChI is InChI=1S/C16H18N4O/c1-20-11-12(10-18-20)6-7-16(21)19-15-8-9-17-14-5-3-2-4-13(14)15/h6-11H,2-5H2,1H3,(H,17,19,21). The van der Waals surface area contributed by atoms with Crippen molar-refractivity contribution in [3.8, 4) is 0 Å². The van der Waals surface area contributed by atoms with Crippen molar-refractivity contribution >= 4 is 17.7 Å². The quantitative estimate of drug-likeness (QED) is 0.879. The molecule has 2 aromatic heterocycles. The number of fused-ring (bicyclic) bond motifs is 1. The number of nitrogens with one attached hydrogen (secondary N) is 1. The predicted octanol–water partition coefficient (Wildman–Crippen LogP) is 2.35. The molecule has 2 heterocycles. The molecule has 0 bridgehead atoms. The Bertz CT molecular complexity index is 687. The molecule has 21 heavy (non-hydrogen) atoms. The first-order chi connectivity index (χ1) is 10.2. The zero-order chi connectivity index (χ0) is 14.7. The lowest BCUT2D eigenvalue weighted by Gasteiger charge is -2.18. The van der Waals surface area contributed by atoms with Crippen LogP contribution < -0.4 is 5.32 Å². The zero-order valence-electron chi connectivity index (χ0n) is 12.0. The minimum atomic E-state index is -0.127. The Morgan fingerprint density at radius 1 is 1.38 bits per heavy atom. The second kappa shape index (κ2) is 5.91. The summed E-state index contributed by atoms with van der Waals surface area (Å²) in [6.07, 6.45) is 13.0. The second-order valence-corrected chi connectivity index (χ2v) is 5.26. The normalized spacial score (nSPS) is 14.1. The predicted molar refractivity (Wildman–Crippen MR) is 81.8 cm³/mol. The van der Waals surface area contributed by atoms with Gasteiger partial charge in [0.1, 0.15) is 0 Å². The number of amides is 1. The largest absolute Gasteiger partial charge is 0.322 e. The number of hydrogen-bond acceptors (Lipinski definition) is 3. The summed E-state index contributed by atoms with van der Waals surface area (Å²) >= 11 is 0. The number of nitrogens with zero attached hydrogens (tertiary/aromatic N) is 3. The van der Waals surface area contributed by atoms with Gasteiger partial charge >= 0.3 is 0 Å². The van der Waals surface area contributed by atoms with Crippen molar-refractivity contribution < 1.29 is 4.79 Å². The zero-order valence-corrected chi connectivity index (χ0v) is 12.0. The third-order valence-corrected chi connectivity index (χ3v) is 3.65. The molecule has 5 heteroatoms. The van der Waals surface area contributed by atoms with Crippen LogP contribution in [0.25, 0.3) is 6.08 Å². The van der Waals surface area contributed by atoms with Gasteiger partial charge in [-0.1, -0.05) is 0 Å². The molecule has 2 aromatic rings. The fourth-order valence-electron chi connectivity index (χ4n) is 2.61. The van der Waals surface area contributed by atoms with Crippen LogP contribution in [0.1, 0.15) is 29.7 Å². The van der Waals surface area contributed by atoms with Crippen molar-refractivity contribution in [2.75, 3.05) is 5.32 Å². The van der Waals surface area contributed by atoms with Gasteiger partial charge in [0, 0.05) is 42.5 Å². The van der Waals surface area contributed by atoms with Gasteiger partial charge in [-0.3, -0.25) is 14.5 Å². The van der Waals surface area contributed by atoms with Crippen LogP contribution in [0.15, 0.2) is 30.7 Å². The lowest BCUT2D eigenvalue weighted by atomic mass is 9.95. The SMILES string of the molecule is Cn1cc(C=CC(=O)Nc2ccnc3c2CCCC3)cn1. The van der Waals surface area contributed by atoms with Crippen LogP contribution in [0.3, 0.4) is 0 Å². The van der Waals surface area contributed by atoms with Crippen LogP contribution in [0.5, 0.6) is 0 Å². The molecule has 0 saturated carbocycles. The number of anilines is 1. The van der Waals surface area contributed by atoms with Crippen LogP contribution >= 0.6 is 0 Å². The van der Waals surface area contributed by atoms with Crippen LogP contribution in [-0.4, -0.2) is 20.7 Å². The van der Waals surface area contributed by atoms with Crippen molar-refractivity contribution in [2.24, 2.45) is 7.05 Å². The summed E-state index contributed by atoms with van der Waals surface area (Å²) in [6, 6.07) is 1.87. The van der Waals surface area contributed by atoms with E-state index in [4.69, 9.17) is 0 Å². The number of carbonyl (C=O) groups excluding carboxylic acids is 1. The van der Waals surface area contributed by atoms with E-state index in [1.54, 1.807) is 23.2 Å². The monoisotopic (exact) mass is 282 g/mol. The molecule has 1 aliphatic carbocycles. The average molecular weight is 282 g/mol. The van der Waals surface area contributed by atoms with Gasteiger partial charge in [0.2, 0.25) is 5.91 Å². The molecule has 3 rings (SSSR count). The summed E-state index contributed by atoms with van der Waals surface area (Å²) in [7, 11) is 1.85. The molecule has 108 valence electrons. The number of aromatic nitrogens is 3. The van der Waals surface area contributed by atoms with Gasteiger partial charge in [-0.05, 0) is 43.4 Å². The third kappa shape index (κ3) is 3.18. The molecule has 1 aliphatic rings. The highest BCUT2D eigenvalue weighted by Crippen LogP contribution is 2.26. The lowest BCUT2D eigenvalue weighted by Crippen LogP contribution is -2.14. The molecule has 5 nitrogen and oxygen atoms in total. The summed E-state index contributed by atoms with van der Waals surface area (Å²) in [5.74, 6) is -0.127. The first-order valence-electron chi connectivity index (χ1n) is 7.17. The first-order valence-corrected chi connectivity index (χ1v) is 7.17. The Balaban J connectivity index is 1.72. The smallest absolute Gasteiger partial charge is 0.248 e. The molecule has 0 saturated heterocycles. The molecule has 0 spiro atoms. The number of aryl methyl sites for hydroxylation is 2.